The van der Waals surface area contributed by atoms with Crippen LogP contribution in [-0.4, -0.2) is 52.2 Å². The van der Waals surface area contributed by atoms with Crippen molar-refractivity contribution in [1.82, 2.24) is 10.2 Å². The largest absolute Gasteiger partial charge is 0.444 e. The number of aliphatic hydroxyl groups excluding tert-OH is 1. The summed E-state index contributed by atoms with van der Waals surface area (Å²) in [7, 11) is 0. The maximum Gasteiger partial charge on any atom is 0.408 e. The molecule has 2 atom stereocenters. The number of anilines is 1. The first kappa shape index (κ1) is 29.2. The van der Waals surface area contributed by atoms with E-state index in [0.29, 0.717) is 11.3 Å². The van der Waals surface area contributed by atoms with Crippen LogP contribution in [0.3, 0.4) is 0 Å². The highest BCUT2D eigenvalue weighted by molar-refractivity contribution is 6.00. The average Bonchev–Trinajstić information content (AvgIpc) is 2.79. The third-order valence-corrected chi connectivity index (χ3v) is 6.88. The summed E-state index contributed by atoms with van der Waals surface area (Å²) < 4.78 is 5.32. The monoisotopic (exact) mass is 523 g/mol. The standard InChI is InChI=1S/C30H41N3O5/c1-18-14-15-19(2)23(16-18)26(27(35)32-25-20(3)10-8-11-21(25)4)33(22-12-9-13-22)28(36)24(17-34)31-29(37)38-30(5,6)7/h8,10-11,14-16,22,24,26,34H,9,12-13,17H2,1-7H3,(H,31,37)(H,32,35). The third-order valence-electron chi connectivity index (χ3n) is 6.88. The molecule has 3 amide bonds. The van der Waals surface area contributed by atoms with Crippen molar-refractivity contribution in [2.75, 3.05) is 11.9 Å². The number of aryl methyl sites for hydroxylation is 4. The van der Waals surface area contributed by atoms with E-state index in [9.17, 15) is 19.5 Å². The maximum atomic E-state index is 14.1. The summed E-state index contributed by atoms with van der Waals surface area (Å²) in [6.45, 7) is 12.2. The summed E-state index contributed by atoms with van der Waals surface area (Å²) in [6.07, 6.45) is 1.58. The lowest BCUT2D eigenvalue weighted by atomic mass is 9.87. The Hall–Kier alpha value is -3.39. The third kappa shape index (κ3) is 6.92. The Morgan fingerprint density at radius 1 is 1.03 bits per heavy atom. The number of para-hydroxylation sites is 1. The van der Waals surface area contributed by atoms with Crippen molar-refractivity contribution in [1.29, 1.82) is 0 Å². The van der Waals surface area contributed by atoms with Gasteiger partial charge in [0, 0.05) is 11.7 Å². The first-order valence-electron chi connectivity index (χ1n) is 13.2. The average molecular weight is 524 g/mol. The van der Waals surface area contributed by atoms with E-state index in [1.165, 1.54) is 0 Å². The number of alkyl carbamates (subject to hydrolysis) is 1. The molecule has 0 aliphatic heterocycles. The number of hydrogen-bond donors (Lipinski definition) is 3. The van der Waals surface area contributed by atoms with Crippen LogP contribution in [0.15, 0.2) is 36.4 Å². The molecule has 0 bridgehead atoms. The van der Waals surface area contributed by atoms with Crippen molar-refractivity contribution < 1.29 is 24.2 Å². The van der Waals surface area contributed by atoms with Gasteiger partial charge in [-0.15, -0.1) is 0 Å². The second-order valence-electron chi connectivity index (χ2n) is 11.2. The Kier molecular flexibility index (Phi) is 9.20. The van der Waals surface area contributed by atoms with Crippen molar-refractivity contribution in [3.8, 4) is 0 Å². The van der Waals surface area contributed by atoms with Crippen LogP contribution in [0.25, 0.3) is 0 Å². The summed E-state index contributed by atoms with van der Waals surface area (Å²) in [5.74, 6) is -0.865. The van der Waals surface area contributed by atoms with Crippen LogP contribution in [0, 0.1) is 27.7 Å². The molecule has 0 heterocycles. The fraction of sp³-hybridized carbons (Fsp3) is 0.500. The van der Waals surface area contributed by atoms with E-state index < -0.39 is 36.3 Å². The zero-order chi connectivity index (χ0) is 28.2. The molecule has 2 unspecified atom stereocenters. The van der Waals surface area contributed by atoms with Crippen molar-refractivity contribution in [2.24, 2.45) is 0 Å². The van der Waals surface area contributed by atoms with E-state index in [1.54, 1.807) is 25.7 Å². The first-order valence-corrected chi connectivity index (χ1v) is 13.2. The highest BCUT2D eigenvalue weighted by Crippen LogP contribution is 2.36. The molecule has 0 aromatic heterocycles. The summed E-state index contributed by atoms with van der Waals surface area (Å²) in [5.41, 5.74) is 4.31. The number of hydrogen-bond acceptors (Lipinski definition) is 5. The lowest BCUT2D eigenvalue weighted by Gasteiger charge is -2.43. The first-order chi connectivity index (χ1) is 17.8. The minimum Gasteiger partial charge on any atom is -0.444 e. The fourth-order valence-electron chi connectivity index (χ4n) is 4.67. The van der Waals surface area contributed by atoms with Gasteiger partial charge in [-0.05, 0) is 90.0 Å². The second-order valence-corrected chi connectivity index (χ2v) is 11.2. The molecule has 1 aliphatic carbocycles. The number of carbonyl (C=O) groups is 3. The Bertz CT molecular complexity index is 1160. The summed E-state index contributed by atoms with van der Waals surface area (Å²) in [4.78, 5) is 42.2. The molecule has 2 aromatic carbocycles. The van der Waals surface area contributed by atoms with Crippen molar-refractivity contribution in [2.45, 2.75) is 91.5 Å². The van der Waals surface area contributed by atoms with E-state index in [4.69, 9.17) is 4.74 Å². The molecule has 2 aromatic rings. The van der Waals surface area contributed by atoms with Gasteiger partial charge in [0.15, 0.2) is 0 Å². The molecule has 1 saturated carbocycles. The minimum atomic E-state index is -1.26. The summed E-state index contributed by atoms with van der Waals surface area (Å²) in [6, 6.07) is 9.20. The van der Waals surface area contributed by atoms with E-state index in [0.717, 1.165) is 41.5 Å². The highest BCUT2D eigenvalue weighted by atomic mass is 16.6. The highest BCUT2D eigenvalue weighted by Gasteiger charge is 2.42. The van der Waals surface area contributed by atoms with Gasteiger partial charge < -0.3 is 25.4 Å². The van der Waals surface area contributed by atoms with Crippen LogP contribution >= 0.6 is 0 Å². The van der Waals surface area contributed by atoms with Crippen LogP contribution in [-0.2, 0) is 14.3 Å². The van der Waals surface area contributed by atoms with E-state index in [1.807, 2.05) is 64.1 Å². The number of nitrogens with zero attached hydrogens (tertiary/aromatic N) is 1. The molecule has 0 saturated heterocycles. The zero-order valence-corrected chi connectivity index (χ0v) is 23.6. The number of benzene rings is 2. The maximum absolute atomic E-state index is 14.1. The quantitative estimate of drug-likeness (QED) is 0.458. The van der Waals surface area contributed by atoms with Crippen LogP contribution in [0.5, 0.6) is 0 Å². The molecule has 3 N–H and O–H groups in total. The van der Waals surface area contributed by atoms with Crippen molar-refractivity contribution >= 4 is 23.6 Å². The fourth-order valence-corrected chi connectivity index (χ4v) is 4.67. The Morgan fingerprint density at radius 2 is 1.66 bits per heavy atom. The van der Waals surface area contributed by atoms with Crippen LogP contribution < -0.4 is 10.6 Å². The normalized spacial score (nSPS) is 15.2. The Labute approximate surface area is 225 Å². The van der Waals surface area contributed by atoms with Gasteiger partial charge >= 0.3 is 6.09 Å². The molecule has 8 heteroatoms. The zero-order valence-electron chi connectivity index (χ0n) is 23.6. The van der Waals surface area contributed by atoms with Crippen LogP contribution in [0.1, 0.15) is 73.9 Å². The van der Waals surface area contributed by atoms with Gasteiger partial charge in [0.1, 0.15) is 17.7 Å². The number of amides is 3. The van der Waals surface area contributed by atoms with Crippen molar-refractivity contribution in [3.63, 3.8) is 0 Å². The second kappa shape index (κ2) is 12.0. The number of rotatable bonds is 8. The van der Waals surface area contributed by atoms with Gasteiger partial charge in [-0.2, -0.15) is 0 Å². The van der Waals surface area contributed by atoms with E-state index >= 15 is 0 Å². The Balaban J connectivity index is 2.06. The van der Waals surface area contributed by atoms with Crippen LogP contribution in [0.2, 0.25) is 0 Å². The molecule has 0 spiro atoms. The topological polar surface area (TPSA) is 108 Å². The molecule has 38 heavy (non-hydrogen) atoms. The predicted molar refractivity (Wildman–Crippen MR) is 148 cm³/mol. The summed E-state index contributed by atoms with van der Waals surface area (Å²) >= 11 is 0. The van der Waals surface area contributed by atoms with Gasteiger partial charge in [0.25, 0.3) is 5.91 Å². The number of ether oxygens (including phenoxy) is 1. The molecular weight excluding hydrogens is 482 g/mol. The molecule has 1 aliphatic rings. The smallest absolute Gasteiger partial charge is 0.408 e. The molecule has 206 valence electrons. The number of nitrogens with one attached hydrogen (secondary N) is 2. The van der Waals surface area contributed by atoms with Gasteiger partial charge in [0.2, 0.25) is 5.91 Å². The van der Waals surface area contributed by atoms with Crippen LogP contribution in [0.4, 0.5) is 10.5 Å². The lowest BCUT2D eigenvalue weighted by Crippen LogP contribution is -2.58. The molecule has 3 rings (SSSR count). The van der Waals surface area contributed by atoms with Gasteiger partial charge in [0.05, 0.1) is 6.61 Å². The van der Waals surface area contributed by atoms with E-state index in [-0.39, 0.29) is 11.9 Å². The number of carbonyl (C=O) groups excluding carboxylic acids is 3. The number of aliphatic hydroxyl groups is 1. The van der Waals surface area contributed by atoms with Gasteiger partial charge in [-0.1, -0.05) is 42.0 Å². The van der Waals surface area contributed by atoms with E-state index in [2.05, 4.69) is 10.6 Å². The molecule has 0 radical (unpaired) electrons. The minimum absolute atomic E-state index is 0.203. The predicted octanol–water partition coefficient (Wildman–Crippen LogP) is 4.87. The molecule has 8 nitrogen and oxygen atoms in total. The lowest BCUT2D eigenvalue weighted by molar-refractivity contribution is -0.146. The Morgan fingerprint density at radius 3 is 2.18 bits per heavy atom. The van der Waals surface area contributed by atoms with Crippen molar-refractivity contribution in [3.05, 3.63) is 64.2 Å². The van der Waals surface area contributed by atoms with Gasteiger partial charge in [-0.3, -0.25) is 9.59 Å². The summed E-state index contributed by atoms with van der Waals surface area (Å²) in [5, 5.41) is 15.7. The molecular formula is C30H41N3O5. The SMILES string of the molecule is Cc1ccc(C)c(C(C(=O)Nc2c(C)cccc2C)N(C(=O)C(CO)NC(=O)OC(C)(C)C)C2CCC2)c1. The molecule has 1 fully saturated rings. The van der Waals surface area contributed by atoms with Gasteiger partial charge in [-0.25, -0.2) is 4.79 Å².